The monoisotopic (exact) mass is 435 g/mol. The SMILES string of the molecule is N#Cc1c(N[C@H]2C[C@H](F)C2)c2ccc(C(F)(F)F)cc2n(-c2ccc(Cl)cc2)c1=O. The van der Waals surface area contributed by atoms with Crippen LogP contribution in [0.2, 0.25) is 5.02 Å². The van der Waals surface area contributed by atoms with E-state index in [1.54, 1.807) is 0 Å². The Morgan fingerprint density at radius 1 is 1.13 bits per heavy atom. The first-order valence-corrected chi connectivity index (χ1v) is 9.43. The minimum absolute atomic E-state index is 0.0187. The number of fused-ring (bicyclic) bond motifs is 1. The van der Waals surface area contributed by atoms with Crippen LogP contribution in [0, 0.1) is 11.3 Å². The number of hydrogen-bond donors (Lipinski definition) is 1. The normalized spacial score (nSPS) is 18.7. The van der Waals surface area contributed by atoms with E-state index in [0.29, 0.717) is 5.02 Å². The van der Waals surface area contributed by atoms with E-state index in [4.69, 9.17) is 11.6 Å². The summed E-state index contributed by atoms with van der Waals surface area (Å²) in [6.45, 7) is 0. The van der Waals surface area contributed by atoms with Gasteiger partial charge in [-0.3, -0.25) is 9.36 Å². The van der Waals surface area contributed by atoms with Crippen molar-refractivity contribution in [3.63, 3.8) is 0 Å². The number of benzene rings is 2. The van der Waals surface area contributed by atoms with E-state index in [0.717, 1.165) is 16.7 Å². The van der Waals surface area contributed by atoms with Crippen molar-refractivity contribution in [2.75, 3.05) is 5.32 Å². The number of rotatable bonds is 3. The van der Waals surface area contributed by atoms with E-state index in [9.17, 15) is 27.6 Å². The molecular formula is C21H14ClF4N3O. The topological polar surface area (TPSA) is 57.8 Å². The Labute approximate surface area is 173 Å². The largest absolute Gasteiger partial charge is 0.416 e. The fraction of sp³-hybridized carbons (Fsp3) is 0.238. The fourth-order valence-electron chi connectivity index (χ4n) is 3.54. The van der Waals surface area contributed by atoms with Gasteiger partial charge in [0, 0.05) is 22.1 Å². The molecule has 0 saturated heterocycles. The van der Waals surface area contributed by atoms with Gasteiger partial charge in [0.25, 0.3) is 5.56 Å². The highest BCUT2D eigenvalue weighted by molar-refractivity contribution is 6.30. The molecule has 4 nitrogen and oxygen atoms in total. The molecule has 0 spiro atoms. The number of nitrogens with zero attached hydrogens (tertiary/aromatic N) is 2. The Hall–Kier alpha value is -3.05. The molecule has 0 atom stereocenters. The summed E-state index contributed by atoms with van der Waals surface area (Å²) in [5.41, 5.74) is -1.59. The van der Waals surface area contributed by atoms with Crippen LogP contribution in [0.25, 0.3) is 16.6 Å². The van der Waals surface area contributed by atoms with E-state index in [2.05, 4.69) is 5.32 Å². The van der Waals surface area contributed by atoms with Crippen molar-refractivity contribution in [3.05, 3.63) is 69.0 Å². The number of halogens is 5. The fourth-order valence-corrected chi connectivity index (χ4v) is 3.66. The van der Waals surface area contributed by atoms with Crippen molar-refractivity contribution in [1.29, 1.82) is 5.26 Å². The third kappa shape index (κ3) is 3.50. The molecule has 1 heterocycles. The number of pyridine rings is 1. The molecular weight excluding hydrogens is 422 g/mol. The molecule has 2 aromatic carbocycles. The number of anilines is 1. The summed E-state index contributed by atoms with van der Waals surface area (Å²) in [7, 11) is 0. The predicted molar refractivity (Wildman–Crippen MR) is 106 cm³/mol. The lowest BCUT2D eigenvalue weighted by Gasteiger charge is -2.32. The van der Waals surface area contributed by atoms with Gasteiger partial charge < -0.3 is 5.32 Å². The van der Waals surface area contributed by atoms with Crippen LogP contribution in [-0.4, -0.2) is 16.8 Å². The lowest BCUT2D eigenvalue weighted by atomic mass is 9.90. The highest BCUT2D eigenvalue weighted by Gasteiger charge is 2.33. The molecule has 0 unspecified atom stereocenters. The van der Waals surface area contributed by atoms with Gasteiger partial charge in [-0.1, -0.05) is 17.7 Å². The Kier molecular flexibility index (Phi) is 4.94. The van der Waals surface area contributed by atoms with E-state index in [-0.39, 0.29) is 46.7 Å². The zero-order valence-corrected chi connectivity index (χ0v) is 16.1. The Bertz CT molecular complexity index is 1220. The second-order valence-electron chi connectivity index (χ2n) is 7.12. The van der Waals surface area contributed by atoms with Crippen molar-refractivity contribution in [2.24, 2.45) is 0 Å². The molecule has 9 heteroatoms. The summed E-state index contributed by atoms with van der Waals surface area (Å²) in [5, 5.41) is 13.3. The van der Waals surface area contributed by atoms with Crippen LogP contribution >= 0.6 is 11.6 Å². The van der Waals surface area contributed by atoms with Crippen molar-refractivity contribution in [3.8, 4) is 11.8 Å². The maximum Gasteiger partial charge on any atom is 0.416 e. The third-order valence-electron chi connectivity index (χ3n) is 5.13. The number of alkyl halides is 4. The minimum atomic E-state index is -4.62. The highest BCUT2D eigenvalue weighted by Crippen LogP contribution is 2.36. The Balaban J connectivity index is 2.03. The van der Waals surface area contributed by atoms with E-state index in [1.807, 2.05) is 6.07 Å². The Morgan fingerprint density at radius 2 is 1.80 bits per heavy atom. The third-order valence-corrected chi connectivity index (χ3v) is 5.38. The summed E-state index contributed by atoms with van der Waals surface area (Å²) < 4.78 is 54.4. The molecule has 0 bridgehead atoms. The number of aromatic nitrogens is 1. The van der Waals surface area contributed by atoms with Crippen molar-refractivity contribution >= 4 is 28.2 Å². The Morgan fingerprint density at radius 3 is 2.37 bits per heavy atom. The van der Waals surface area contributed by atoms with Gasteiger partial charge in [-0.15, -0.1) is 0 Å². The van der Waals surface area contributed by atoms with Gasteiger partial charge in [0.1, 0.15) is 17.8 Å². The second kappa shape index (κ2) is 7.33. The standard InChI is InChI=1S/C21H14ClF4N3O/c22-12-2-4-15(5-3-12)29-18-7-11(21(24,25)26)1-6-16(18)19(17(10-27)20(29)30)28-14-8-13(23)9-14/h1-7,13-14,28H,8-9H2/t13-,14-. The van der Waals surface area contributed by atoms with E-state index < -0.39 is 23.5 Å². The zero-order chi connectivity index (χ0) is 21.6. The summed E-state index contributed by atoms with van der Waals surface area (Å²) in [4.78, 5) is 13.1. The molecule has 1 fully saturated rings. The quantitative estimate of drug-likeness (QED) is 0.557. The molecule has 1 aliphatic carbocycles. The number of nitriles is 1. The van der Waals surface area contributed by atoms with Crippen LogP contribution in [0.5, 0.6) is 0 Å². The van der Waals surface area contributed by atoms with Crippen LogP contribution in [0.4, 0.5) is 23.2 Å². The van der Waals surface area contributed by atoms with Crippen LogP contribution in [0.15, 0.2) is 47.3 Å². The first kappa shape index (κ1) is 20.2. The summed E-state index contributed by atoms with van der Waals surface area (Å²) >= 11 is 5.89. The van der Waals surface area contributed by atoms with Gasteiger partial charge in [0.15, 0.2) is 0 Å². The van der Waals surface area contributed by atoms with Gasteiger partial charge in [-0.25, -0.2) is 4.39 Å². The highest BCUT2D eigenvalue weighted by atomic mass is 35.5. The first-order chi connectivity index (χ1) is 14.2. The molecule has 154 valence electrons. The lowest BCUT2D eigenvalue weighted by molar-refractivity contribution is -0.137. The van der Waals surface area contributed by atoms with Crippen LogP contribution in [-0.2, 0) is 6.18 Å². The van der Waals surface area contributed by atoms with Crippen molar-refractivity contribution in [2.45, 2.75) is 31.2 Å². The maximum atomic E-state index is 13.4. The molecule has 3 aromatic rings. The summed E-state index contributed by atoms with van der Waals surface area (Å²) in [5.74, 6) is 0. The number of hydrogen-bond acceptors (Lipinski definition) is 3. The van der Waals surface area contributed by atoms with Crippen LogP contribution in [0.3, 0.4) is 0 Å². The lowest BCUT2D eigenvalue weighted by Crippen LogP contribution is -2.37. The van der Waals surface area contributed by atoms with Crippen molar-refractivity contribution < 1.29 is 17.6 Å². The minimum Gasteiger partial charge on any atom is -0.380 e. The maximum absolute atomic E-state index is 13.4. The molecule has 1 aliphatic rings. The predicted octanol–water partition coefficient (Wildman–Crippen LogP) is 5.45. The van der Waals surface area contributed by atoms with Gasteiger partial charge in [-0.2, -0.15) is 18.4 Å². The van der Waals surface area contributed by atoms with Crippen LogP contribution in [0.1, 0.15) is 24.0 Å². The number of nitrogens with one attached hydrogen (secondary N) is 1. The molecule has 0 aliphatic heterocycles. The smallest absolute Gasteiger partial charge is 0.380 e. The average Bonchev–Trinajstić information content (AvgIpc) is 2.67. The van der Waals surface area contributed by atoms with Gasteiger partial charge in [0.05, 0.1) is 16.8 Å². The van der Waals surface area contributed by atoms with Crippen molar-refractivity contribution in [1.82, 2.24) is 4.57 Å². The molecule has 1 N–H and O–H groups in total. The van der Waals surface area contributed by atoms with Gasteiger partial charge in [0.2, 0.25) is 0 Å². The van der Waals surface area contributed by atoms with E-state index in [1.165, 1.54) is 30.3 Å². The molecule has 0 radical (unpaired) electrons. The molecule has 1 aromatic heterocycles. The zero-order valence-electron chi connectivity index (χ0n) is 15.3. The molecule has 0 amide bonds. The summed E-state index contributed by atoms with van der Waals surface area (Å²) in [6.07, 6.45) is -5.20. The second-order valence-corrected chi connectivity index (χ2v) is 7.55. The van der Waals surface area contributed by atoms with E-state index >= 15 is 0 Å². The molecule has 30 heavy (non-hydrogen) atoms. The molecule has 1 saturated carbocycles. The van der Waals surface area contributed by atoms with Gasteiger partial charge >= 0.3 is 6.18 Å². The summed E-state index contributed by atoms with van der Waals surface area (Å²) in [6, 6.07) is 10.5. The molecule has 4 rings (SSSR count). The average molecular weight is 436 g/mol. The van der Waals surface area contributed by atoms with Gasteiger partial charge in [-0.05, 0) is 49.2 Å². The van der Waals surface area contributed by atoms with Crippen LogP contribution < -0.4 is 10.9 Å². The first-order valence-electron chi connectivity index (χ1n) is 9.05.